The molecule has 11 nitrogen and oxygen atoms in total. The summed E-state index contributed by atoms with van der Waals surface area (Å²) in [5.74, 6) is 0.674. The fourth-order valence-electron chi connectivity index (χ4n) is 3.69. The van der Waals surface area contributed by atoms with E-state index in [2.05, 4.69) is 5.32 Å². The molecule has 1 N–H and O–H groups in total. The largest absolute Gasteiger partial charge is 0.493 e. The normalized spacial score (nSPS) is 14.8. The Labute approximate surface area is 212 Å². The molecule has 1 heterocycles. The third kappa shape index (κ3) is 6.87. The van der Waals surface area contributed by atoms with Crippen LogP contribution in [0.2, 0.25) is 0 Å². The van der Waals surface area contributed by atoms with Gasteiger partial charge in [0, 0.05) is 19.6 Å². The van der Waals surface area contributed by atoms with Gasteiger partial charge < -0.3 is 19.5 Å². The molecule has 1 aliphatic rings. The van der Waals surface area contributed by atoms with Gasteiger partial charge >= 0.3 is 0 Å². The van der Waals surface area contributed by atoms with Crippen molar-refractivity contribution in [2.24, 2.45) is 0 Å². The monoisotopic (exact) mass is 541 g/mol. The Morgan fingerprint density at radius 2 is 1.64 bits per heavy atom. The third-order valence-corrected chi connectivity index (χ3v) is 8.66. The van der Waals surface area contributed by atoms with Crippen LogP contribution in [0.3, 0.4) is 0 Å². The van der Waals surface area contributed by atoms with E-state index in [1.807, 2.05) is 6.07 Å². The second kappa shape index (κ2) is 11.9. The molecule has 1 saturated heterocycles. The van der Waals surface area contributed by atoms with E-state index < -0.39 is 32.5 Å². The molecule has 0 spiro atoms. The van der Waals surface area contributed by atoms with E-state index in [0.29, 0.717) is 31.1 Å². The van der Waals surface area contributed by atoms with Crippen LogP contribution in [0, 0.1) is 0 Å². The number of carbonyl (C=O) groups excluding carboxylic acids is 1. The Kier molecular flexibility index (Phi) is 9.17. The minimum absolute atomic E-state index is 0.0426. The summed E-state index contributed by atoms with van der Waals surface area (Å²) < 4.78 is 68.4. The van der Waals surface area contributed by atoms with E-state index in [-0.39, 0.29) is 30.2 Å². The molecule has 2 aromatic carbocycles. The number of nitrogens with zero attached hydrogens (tertiary/aromatic N) is 2. The highest BCUT2D eigenvalue weighted by Crippen LogP contribution is 2.27. The van der Waals surface area contributed by atoms with E-state index in [4.69, 9.17) is 14.2 Å². The molecule has 0 radical (unpaired) electrons. The lowest BCUT2D eigenvalue weighted by Gasteiger charge is -2.26. The molecule has 36 heavy (non-hydrogen) atoms. The van der Waals surface area contributed by atoms with Gasteiger partial charge in [-0.3, -0.25) is 9.10 Å². The van der Waals surface area contributed by atoms with Crippen LogP contribution in [0.15, 0.2) is 47.4 Å². The smallest absolute Gasteiger partial charge is 0.243 e. The third-order valence-electron chi connectivity index (χ3n) is 5.60. The summed E-state index contributed by atoms with van der Waals surface area (Å²) in [6.07, 6.45) is 1.49. The molecule has 1 aliphatic heterocycles. The van der Waals surface area contributed by atoms with Crippen LogP contribution in [-0.2, 0) is 36.0 Å². The van der Waals surface area contributed by atoms with Crippen molar-refractivity contribution in [1.82, 2.24) is 9.62 Å². The number of hydrogen-bond donors (Lipinski definition) is 1. The SMILES string of the molecule is COc1ccc(CCNC(=O)CN(c2ccc(S(=O)(=O)N3CCOCC3)cc2)S(C)(=O)=O)cc1OC. The van der Waals surface area contributed by atoms with Gasteiger partial charge in [0.2, 0.25) is 26.0 Å². The topological polar surface area (TPSA) is 132 Å². The molecule has 198 valence electrons. The second-order valence-corrected chi connectivity index (χ2v) is 11.9. The number of hydrogen-bond acceptors (Lipinski definition) is 8. The predicted octanol–water partition coefficient (Wildman–Crippen LogP) is 0.850. The highest BCUT2D eigenvalue weighted by Gasteiger charge is 2.27. The fraction of sp³-hybridized carbons (Fsp3) is 0.435. The number of nitrogens with one attached hydrogen (secondary N) is 1. The van der Waals surface area contributed by atoms with Gasteiger partial charge in [0.25, 0.3) is 0 Å². The standard InChI is InChI=1S/C23H31N3O8S2/c1-32-21-9-4-18(16-22(21)33-2)10-11-24-23(27)17-26(35(3,28)29)19-5-7-20(8-6-19)36(30,31)25-12-14-34-15-13-25/h4-9,16H,10-15,17H2,1-3H3,(H,24,27). The lowest BCUT2D eigenvalue weighted by molar-refractivity contribution is -0.119. The number of methoxy groups -OCH3 is 2. The van der Waals surface area contributed by atoms with E-state index in [1.54, 1.807) is 19.2 Å². The van der Waals surface area contributed by atoms with Gasteiger partial charge in [-0.2, -0.15) is 4.31 Å². The Morgan fingerprint density at radius 1 is 1.00 bits per heavy atom. The summed E-state index contributed by atoms with van der Waals surface area (Å²) in [5, 5.41) is 2.72. The molecule has 3 rings (SSSR count). The quantitative estimate of drug-likeness (QED) is 0.443. The van der Waals surface area contributed by atoms with Crippen LogP contribution in [-0.4, -0.2) is 86.9 Å². The van der Waals surface area contributed by atoms with Gasteiger partial charge in [0.1, 0.15) is 6.54 Å². The number of sulfonamides is 2. The number of ether oxygens (including phenoxy) is 3. The predicted molar refractivity (Wildman–Crippen MR) is 134 cm³/mol. The molecule has 0 saturated carbocycles. The number of benzene rings is 2. The minimum Gasteiger partial charge on any atom is -0.493 e. The van der Waals surface area contributed by atoms with Gasteiger partial charge in [0.15, 0.2) is 11.5 Å². The Bertz CT molecular complexity index is 1260. The zero-order chi connectivity index (χ0) is 26.3. The van der Waals surface area contributed by atoms with Crippen molar-refractivity contribution >= 4 is 31.6 Å². The van der Waals surface area contributed by atoms with Crippen LogP contribution < -0.4 is 19.1 Å². The summed E-state index contributed by atoms with van der Waals surface area (Å²) in [4.78, 5) is 12.6. The Morgan fingerprint density at radius 3 is 2.22 bits per heavy atom. The molecule has 2 aromatic rings. The van der Waals surface area contributed by atoms with Crippen molar-refractivity contribution in [3.8, 4) is 11.5 Å². The van der Waals surface area contributed by atoms with E-state index >= 15 is 0 Å². The second-order valence-electron chi connectivity index (χ2n) is 8.07. The summed E-state index contributed by atoms with van der Waals surface area (Å²) in [6, 6.07) is 10.9. The van der Waals surface area contributed by atoms with Gasteiger partial charge in [-0.25, -0.2) is 16.8 Å². The van der Waals surface area contributed by atoms with E-state index in [0.717, 1.165) is 16.1 Å². The minimum atomic E-state index is -3.81. The van der Waals surface area contributed by atoms with Gasteiger partial charge in [-0.1, -0.05) is 6.07 Å². The molecule has 1 amide bonds. The number of carbonyl (C=O) groups is 1. The summed E-state index contributed by atoms with van der Waals surface area (Å²) in [5.41, 5.74) is 1.10. The van der Waals surface area contributed by atoms with E-state index in [1.165, 1.54) is 35.7 Å². The van der Waals surface area contributed by atoms with Crippen molar-refractivity contribution in [2.45, 2.75) is 11.3 Å². The Hall–Kier alpha value is -2.87. The van der Waals surface area contributed by atoms with Crippen LogP contribution in [0.1, 0.15) is 5.56 Å². The maximum atomic E-state index is 12.8. The maximum Gasteiger partial charge on any atom is 0.243 e. The highest BCUT2D eigenvalue weighted by atomic mass is 32.2. The molecule has 0 aliphatic carbocycles. The number of anilines is 1. The molecular weight excluding hydrogens is 510 g/mol. The molecule has 0 atom stereocenters. The molecule has 1 fully saturated rings. The first-order valence-corrected chi connectivity index (χ1v) is 14.5. The van der Waals surface area contributed by atoms with Crippen molar-refractivity contribution in [2.75, 3.05) is 64.2 Å². The van der Waals surface area contributed by atoms with Crippen LogP contribution >= 0.6 is 0 Å². The first kappa shape index (κ1) is 27.7. The van der Waals surface area contributed by atoms with Crippen molar-refractivity contribution in [3.63, 3.8) is 0 Å². The summed E-state index contributed by atoms with van der Waals surface area (Å²) in [6.45, 7) is 0.982. The molecule has 0 aromatic heterocycles. The first-order chi connectivity index (χ1) is 17.1. The summed E-state index contributed by atoms with van der Waals surface area (Å²) >= 11 is 0. The first-order valence-electron chi connectivity index (χ1n) is 11.2. The molecule has 13 heteroatoms. The lowest BCUT2D eigenvalue weighted by Crippen LogP contribution is -2.41. The molecule has 0 unspecified atom stereocenters. The maximum absolute atomic E-state index is 12.8. The zero-order valence-electron chi connectivity index (χ0n) is 20.5. The van der Waals surface area contributed by atoms with Crippen LogP contribution in [0.4, 0.5) is 5.69 Å². The van der Waals surface area contributed by atoms with Gasteiger partial charge in [-0.05, 0) is 48.4 Å². The molecule has 0 bridgehead atoms. The fourth-order valence-corrected chi connectivity index (χ4v) is 5.95. The lowest BCUT2D eigenvalue weighted by atomic mass is 10.1. The average Bonchev–Trinajstić information content (AvgIpc) is 2.87. The van der Waals surface area contributed by atoms with Crippen molar-refractivity contribution in [3.05, 3.63) is 48.0 Å². The average molecular weight is 542 g/mol. The van der Waals surface area contributed by atoms with Crippen LogP contribution in [0.25, 0.3) is 0 Å². The van der Waals surface area contributed by atoms with Crippen molar-refractivity contribution in [1.29, 1.82) is 0 Å². The van der Waals surface area contributed by atoms with E-state index in [9.17, 15) is 21.6 Å². The molecular formula is C23H31N3O8S2. The zero-order valence-corrected chi connectivity index (χ0v) is 22.1. The number of amides is 1. The number of rotatable bonds is 11. The van der Waals surface area contributed by atoms with Crippen molar-refractivity contribution < 1.29 is 35.8 Å². The number of morpholine rings is 1. The van der Waals surface area contributed by atoms with Gasteiger partial charge in [-0.15, -0.1) is 0 Å². The van der Waals surface area contributed by atoms with Gasteiger partial charge in [0.05, 0.1) is 44.3 Å². The van der Waals surface area contributed by atoms with Crippen LogP contribution in [0.5, 0.6) is 11.5 Å². The summed E-state index contributed by atoms with van der Waals surface area (Å²) in [7, 11) is -4.45. The highest BCUT2D eigenvalue weighted by molar-refractivity contribution is 7.92. The Balaban J connectivity index is 1.64.